The third-order valence-electron chi connectivity index (χ3n) is 5.10. The van der Waals surface area contributed by atoms with Crippen molar-refractivity contribution < 1.29 is 18.4 Å². The highest BCUT2D eigenvalue weighted by molar-refractivity contribution is 5.76. The molecule has 2 aliphatic rings. The minimum Gasteiger partial charge on any atom is -0.342 e. The normalized spacial score (nSPS) is 21.7. The Morgan fingerprint density at radius 2 is 2.08 bits per heavy atom. The molecule has 6 heteroatoms. The van der Waals surface area contributed by atoms with Gasteiger partial charge < -0.3 is 4.90 Å². The monoisotopic (exact) mass is 352 g/mol. The van der Waals surface area contributed by atoms with Crippen LogP contribution in [0.1, 0.15) is 37.7 Å². The van der Waals surface area contributed by atoms with Crippen molar-refractivity contribution in [2.75, 3.05) is 32.8 Å². The van der Waals surface area contributed by atoms with E-state index in [4.69, 9.17) is 4.84 Å². The average molecular weight is 352 g/mol. The summed E-state index contributed by atoms with van der Waals surface area (Å²) in [5, 5.41) is 1.88. The van der Waals surface area contributed by atoms with E-state index in [0.717, 1.165) is 57.5 Å². The summed E-state index contributed by atoms with van der Waals surface area (Å²) in [6.45, 7) is 3.91. The summed E-state index contributed by atoms with van der Waals surface area (Å²) >= 11 is 0. The topological polar surface area (TPSA) is 32.8 Å². The number of amides is 1. The third kappa shape index (κ3) is 5.22. The van der Waals surface area contributed by atoms with E-state index < -0.39 is 11.6 Å². The zero-order valence-corrected chi connectivity index (χ0v) is 14.6. The molecule has 0 aromatic heterocycles. The number of benzene rings is 1. The fraction of sp³-hybridized carbons (Fsp3) is 0.632. The lowest BCUT2D eigenvalue weighted by molar-refractivity contribution is -0.140. The lowest BCUT2D eigenvalue weighted by atomic mass is 9.91. The van der Waals surface area contributed by atoms with E-state index in [1.807, 2.05) is 9.96 Å². The lowest BCUT2D eigenvalue weighted by Crippen LogP contribution is -2.41. The highest BCUT2D eigenvalue weighted by Crippen LogP contribution is 2.23. The molecule has 0 aliphatic carbocycles. The van der Waals surface area contributed by atoms with Crippen LogP contribution in [0, 0.1) is 17.6 Å². The summed E-state index contributed by atoms with van der Waals surface area (Å²) in [7, 11) is 0. The van der Waals surface area contributed by atoms with E-state index in [2.05, 4.69) is 0 Å². The molecule has 1 amide bonds. The zero-order valence-electron chi connectivity index (χ0n) is 14.6. The van der Waals surface area contributed by atoms with Crippen LogP contribution in [0.25, 0.3) is 0 Å². The van der Waals surface area contributed by atoms with Gasteiger partial charge in [0.2, 0.25) is 5.91 Å². The van der Waals surface area contributed by atoms with Crippen LogP contribution in [-0.2, 0) is 16.1 Å². The standard InChI is InChI=1S/C19H26F2N2O2/c20-17-7-6-15(13-18(17)21)4-5-16-3-1-9-22(14-16)19(24)8-11-23-10-2-12-25-23/h6-7,13,16H,1-5,8-12,14H2/t16-/m1/s1. The van der Waals surface area contributed by atoms with Crippen LogP contribution in [0.5, 0.6) is 0 Å². The Morgan fingerprint density at radius 1 is 1.20 bits per heavy atom. The van der Waals surface area contributed by atoms with Crippen LogP contribution in [-0.4, -0.2) is 48.7 Å². The molecule has 1 aromatic carbocycles. The van der Waals surface area contributed by atoms with Crippen LogP contribution in [0.4, 0.5) is 8.78 Å². The number of hydrogen-bond donors (Lipinski definition) is 0. The molecule has 25 heavy (non-hydrogen) atoms. The second-order valence-corrected chi connectivity index (χ2v) is 7.00. The first kappa shape index (κ1) is 18.3. The largest absolute Gasteiger partial charge is 0.342 e. The van der Waals surface area contributed by atoms with Crippen molar-refractivity contribution in [3.63, 3.8) is 0 Å². The van der Waals surface area contributed by atoms with Gasteiger partial charge in [0.15, 0.2) is 11.6 Å². The molecule has 1 atom stereocenters. The molecule has 0 unspecified atom stereocenters. The van der Waals surface area contributed by atoms with Crippen molar-refractivity contribution in [2.45, 2.75) is 38.5 Å². The molecule has 2 aliphatic heterocycles. The maximum absolute atomic E-state index is 13.3. The fourth-order valence-electron chi connectivity index (χ4n) is 3.65. The first-order chi connectivity index (χ1) is 12.1. The van der Waals surface area contributed by atoms with Crippen molar-refractivity contribution in [3.05, 3.63) is 35.4 Å². The smallest absolute Gasteiger partial charge is 0.223 e. The van der Waals surface area contributed by atoms with Crippen molar-refractivity contribution in [2.24, 2.45) is 5.92 Å². The molecule has 0 radical (unpaired) electrons. The van der Waals surface area contributed by atoms with Gasteiger partial charge in [0, 0.05) is 32.6 Å². The van der Waals surface area contributed by atoms with Gasteiger partial charge in [-0.25, -0.2) is 8.78 Å². The minimum atomic E-state index is -0.805. The molecule has 0 spiro atoms. The van der Waals surface area contributed by atoms with Gasteiger partial charge in [0.1, 0.15) is 0 Å². The van der Waals surface area contributed by atoms with Crippen LogP contribution >= 0.6 is 0 Å². The van der Waals surface area contributed by atoms with E-state index in [0.29, 0.717) is 25.3 Å². The Balaban J connectivity index is 1.43. The number of aryl methyl sites for hydroxylation is 1. The Bertz CT molecular complexity index is 591. The predicted molar refractivity (Wildman–Crippen MR) is 90.7 cm³/mol. The molecule has 138 valence electrons. The molecule has 2 saturated heterocycles. The molecular formula is C19H26F2N2O2. The van der Waals surface area contributed by atoms with Gasteiger partial charge in [-0.1, -0.05) is 6.07 Å². The van der Waals surface area contributed by atoms with Crippen molar-refractivity contribution in [1.29, 1.82) is 0 Å². The average Bonchev–Trinajstić information content (AvgIpc) is 3.14. The summed E-state index contributed by atoms with van der Waals surface area (Å²) in [6, 6.07) is 4.10. The number of carbonyl (C=O) groups is 1. The summed E-state index contributed by atoms with van der Waals surface area (Å²) in [5.41, 5.74) is 0.813. The molecule has 1 aromatic rings. The summed E-state index contributed by atoms with van der Waals surface area (Å²) in [4.78, 5) is 19.8. The molecule has 3 rings (SSSR count). The fourth-order valence-corrected chi connectivity index (χ4v) is 3.65. The predicted octanol–water partition coefficient (Wildman–Crippen LogP) is 3.16. The molecule has 2 fully saturated rings. The Morgan fingerprint density at radius 3 is 2.84 bits per heavy atom. The highest BCUT2D eigenvalue weighted by atomic mass is 19.2. The van der Waals surface area contributed by atoms with Crippen LogP contribution in [0.2, 0.25) is 0 Å². The molecule has 4 nitrogen and oxygen atoms in total. The molecule has 2 heterocycles. The maximum atomic E-state index is 13.3. The summed E-state index contributed by atoms with van der Waals surface area (Å²) in [5.74, 6) is -0.982. The lowest BCUT2D eigenvalue weighted by Gasteiger charge is -2.33. The number of halogens is 2. The van der Waals surface area contributed by atoms with Gasteiger partial charge in [-0.05, 0) is 55.7 Å². The van der Waals surface area contributed by atoms with Crippen molar-refractivity contribution in [1.82, 2.24) is 9.96 Å². The number of likely N-dealkylation sites (tertiary alicyclic amines) is 1. The van der Waals surface area contributed by atoms with Gasteiger partial charge in [-0.2, -0.15) is 5.06 Å². The van der Waals surface area contributed by atoms with Crippen LogP contribution in [0.3, 0.4) is 0 Å². The SMILES string of the molecule is O=C(CCN1CCCO1)N1CCC[C@H](CCc2ccc(F)c(F)c2)C1. The van der Waals surface area contributed by atoms with Crippen LogP contribution in [0.15, 0.2) is 18.2 Å². The Labute approximate surface area is 147 Å². The molecule has 0 bridgehead atoms. The molecular weight excluding hydrogens is 326 g/mol. The Kier molecular flexibility index (Phi) is 6.37. The van der Waals surface area contributed by atoms with Gasteiger partial charge >= 0.3 is 0 Å². The van der Waals surface area contributed by atoms with Crippen molar-refractivity contribution >= 4 is 5.91 Å². The second-order valence-electron chi connectivity index (χ2n) is 7.00. The van der Waals surface area contributed by atoms with E-state index in [9.17, 15) is 13.6 Å². The molecule has 0 N–H and O–H groups in total. The number of carbonyl (C=O) groups excluding carboxylic acids is 1. The van der Waals surface area contributed by atoms with Gasteiger partial charge in [0.25, 0.3) is 0 Å². The number of hydrogen-bond acceptors (Lipinski definition) is 3. The zero-order chi connectivity index (χ0) is 17.6. The van der Waals surface area contributed by atoms with E-state index in [-0.39, 0.29) is 5.91 Å². The number of hydroxylamine groups is 2. The van der Waals surface area contributed by atoms with Gasteiger partial charge in [-0.15, -0.1) is 0 Å². The quantitative estimate of drug-likeness (QED) is 0.788. The first-order valence-electron chi connectivity index (χ1n) is 9.21. The summed E-state index contributed by atoms with van der Waals surface area (Å²) in [6.07, 6.45) is 5.23. The number of nitrogens with zero attached hydrogens (tertiary/aromatic N) is 2. The van der Waals surface area contributed by atoms with E-state index in [1.165, 1.54) is 12.1 Å². The number of rotatable bonds is 6. The van der Waals surface area contributed by atoms with Crippen molar-refractivity contribution in [3.8, 4) is 0 Å². The second kappa shape index (κ2) is 8.72. The first-order valence-corrected chi connectivity index (χ1v) is 9.21. The minimum absolute atomic E-state index is 0.188. The van der Waals surface area contributed by atoms with E-state index >= 15 is 0 Å². The Hall–Kier alpha value is -1.53. The molecule has 0 saturated carbocycles. The van der Waals surface area contributed by atoms with Gasteiger partial charge in [-0.3, -0.25) is 9.63 Å². The van der Waals surface area contributed by atoms with Gasteiger partial charge in [0.05, 0.1) is 6.61 Å². The highest BCUT2D eigenvalue weighted by Gasteiger charge is 2.24. The maximum Gasteiger partial charge on any atom is 0.223 e. The van der Waals surface area contributed by atoms with Crippen LogP contribution < -0.4 is 0 Å². The number of piperidine rings is 1. The van der Waals surface area contributed by atoms with E-state index in [1.54, 1.807) is 6.07 Å². The summed E-state index contributed by atoms with van der Waals surface area (Å²) < 4.78 is 26.3. The third-order valence-corrected chi connectivity index (χ3v) is 5.10.